The van der Waals surface area contributed by atoms with Crippen LogP contribution >= 0.6 is 23.4 Å². The number of hydrogen-bond donors (Lipinski definition) is 0. The highest BCUT2D eigenvalue weighted by molar-refractivity contribution is 8.13. The molecule has 0 aliphatic rings. The fraction of sp³-hybridized carbons (Fsp3) is 0.200. The molecule has 0 spiro atoms. The topological polar surface area (TPSA) is 30.0 Å². The molecule has 0 unspecified atom stereocenters. The average molecular weight is 228 g/mol. The van der Waals surface area contributed by atoms with E-state index in [4.69, 9.17) is 11.6 Å². The van der Waals surface area contributed by atoms with Crippen LogP contribution in [0.1, 0.15) is 12.5 Å². The lowest BCUT2D eigenvalue weighted by molar-refractivity contribution is -0.109. The molecule has 74 valence electrons. The quantitative estimate of drug-likeness (QED) is 0.795. The lowest BCUT2D eigenvalue weighted by Gasteiger charge is -1.93. The summed E-state index contributed by atoms with van der Waals surface area (Å²) in [7, 11) is 0. The summed E-state index contributed by atoms with van der Waals surface area (Å²) >= 11 is 7.03. The van der Waals surface area contributed by atoms with Gasteiger partial charge in [0.05, 0.1) is 5.02 Å². The Labute approximate surface area is 92.4 Å². The van der Waals surface area contributed by atoms with Crippen molar-refractivity contribution in [3.8, 4) is 0 Å². The van der Waals surface area contributed by atoms with Crippen LogP contribution in [0.4, 0.5) is 0 Å². The van der Waals surface area contributed by atoms with Gasteiger partial charge in [-0.25, -0.2) is 0 Å². The summed E-state index contributed by atoms with van der Waals surface area (Å²) in [6.45, 7) is 1.56. The number of hydrogen-bond acceptors (Lipinski definition) is 3. The summed E-state index contributed by atoms with van der Waals surface area (Å²) in [5.74, 6) is 0.682. The van der Waals surface area contributed by atoms with Gasteiger partial charge in [0.2, 0.25) is 0 Å². The highest BCUT2D eigenvalue weighted by atomic mass is 35.5. The molecule has 1 rings (SSSR count). The first-order valence-electron chi connectivity index (χ1n) is 4.09. The van der Waals surface area contributed by atoms with Gasteiger partial charge in [-0.2, -0.15) is 0 Å². The molecule has 0 aliphatic carbocycles. The summed E-state index contributed by atoms with van der Waals surface area (Å²) in [6, 6.07) is 1.82. The second kappa shape index (κ2) is 5.83. The number of thioether (sulfide) groups is 1. The normalized spacial score (nSPS) is 10.7. The monoisotopic (exact) mass is 227 g/mol. The van der Waals surface area contributed by atoms with Crippen LogP contribution in [0.25, 0.3) is 6.08 Å². The third-order valence-corrected chi connectivity index (χ3v) is 2.39. The highest BCUT2D eigenvalue weighted by Gasteiger charge is 1.91. The molecular weight excluding hydrogens is 218 g/mol. The van der Waals surface area contributed by atoms with E-state index in [1.54, 1.807) is 19.3 Å². The molecule has 0 amide bonds. The molecule has 0 saturated heterocycles. The Hall–Kier alpha value is -0.800. The summed E-state index contributed by atoms with van der Waals surface area (Å²) < 4.78 is 0. The maximum Gasteiger partial charge on any atom is 0.186 e. The van der Waals surface area contributed by atoms with E-state index in [0.717, 1.165) is 5.56 Å². The standard InChI is InChI=1S/C10H10ClNOS/c1-8(13)14-4-2-3-9-5-10(11)7-12-6-9/h2-3,5-7H,4H2,1H3. The minimum atomic E-state index is 0.124. The van der Waals surface area contributed by atoms with Crippen LogP contribution in [0.3, 0.4) is 0 Å². The predicted octanol–water partition coefficient (Wildman–Crippen LogP) is 3.03. The Morgan fingerprint density at radius 2 is 2.43 bits per heavy atom. The molecule has 0 radical (unpaired) electrons. The third kappa shape index (κ3) is 4.44. The van der Waals surface area contributed by atoms with E-state index in [1.165, 1.54) is 11.8 Å². The highest BCUT2D eigenvalue weighted by Crippen LogP contribution is 2.10. The Morgan fingerprint density at radius 1 is 1.64 bits per heavy atom. The molecule has 0 N–H and O–H groups in total. The summed E-state index contributed by atoms with van der Waals surface area (Å²) in [6.07, 6.45) is 7.12. The van der Waals surface area contributed by atoms with Crippen LogP contribution in [0.5, 0.6) is 0 Å². The van der Waals surface area contributed by atoms with E-state index >= 15 is 0 Å². The Kier molecular flexibility index (Phi) is 4.70. The van der Waals surface area contributed by atoms with Gasteiger partial charge < -0.3 is 0 Å². The third-order valence-electron chi connectivity index (χ3n) is 1.42. The van der Waals surface area contributed by atoms with Crippen LogP contribution in [0.2, 0.25) is 5.02 Å². The smallest absolute Gasteiger partial charge is 0.186 e. The lowest BCUT2D eigenvalue weighted by atomic mass is 10.3. The van der Waals surface area contributed by atoms with Gasteiger partial charge in [-0.1, -0.05) is 35.5 Å². The number of aromatic nitrogens is 1. The molecule has 1 aromatic rings. The van der Waals surface area contributed by atoms with Crippen molar-refractivity contribution >= 4 is 34.6 Å². The van der Waals surface area contributed by atoms with Crippen molar-refractivity contribution < 1.29 is 4.79 Å². The van der Waals surface area contributed by atoms with E-state index in [-0.39, 0.29) is 5.12 Å². The van der Waals surface area contributed by atoms with E-state index in [2.05, 4.69) is 4.98 Å². The zero-order valence-electron chi connectivity index (χ0n) is 7.74. The maximum atomic E-state index is 10.6. The number of carbonyl (C=O) groups excluding carboxylic acids is 1. The van der Waals surface area contributed by atoms with E-state index < -0.39 is 0 Å². The first-order valence-corrected chi connectivity index (χ1v) is 5.45. The minimum Gasteiger partial charge on any atom is -0.288 e. The first kappa shape index (κ1) is 11.3. The van der Waals surface area contributed by atoms with Crippen molar-refractivity contribution in [3.63, 3.8) is 0 Å². The molecule has 0 saturated carbocycles. The fourth-order valence-electron chi connectivity index (χ4n) is 0.869. The zero-order chi connectivity index (χ0) is 10.4. The van der Waals surface area contributed by atoms with E-state index in [0.29, 0.717) is 10.8 Å². The molecular formula is C10H10ClNOS. The average Bonchev–Trinajstić information content (AvgIpc) is 2.12. The summed E-state index contributed by atoms with van der Waals surface area (Å²) in [5, 5.41) is 0.741. The number of nitrogens with zero attached hydrogens (tertiary/aromatic N) is 1. The van der Waals surface area contributed by atoms with Crippen molar-refractivity contribution in [2.45, 2.75) is 6.92 Å². The van der Waals surface area contributed by atoms with Gasteiger partial charge >= 0.3 is 0 Å². The molecule has 1 aromatic heterocycles. The van der Waals surface area contributed by atoms with Crippen LogP contribution < -0.4 is 0 Å². The second-order valence-electron chi connectivity index (χ2n) is 2.64. The number of rotatable bonds is 3. The maximum absolute atomic E-state index is 10.6. The minimum absolute atomic E-state index is 0.124. The van der Waals surface area contributed by atoms with Crippen molar-refractivity contribution in [1.29, 1.82) is 0 Å². The van der Waals surface area contributed by atoms with Crippen molar-refractivity contribution in [2.24, 2.45) is 0 Å². The number of pyridine rings is 1. The van der Waals surface area contributed by atoms with E-state index in [1.807, 2.05) is 18.2 Å². The molecule has 4 heteroatoms. The molecule has 0 bridgehead atoms. The largest absolute Gasteiger partial charge is 0.288 e. The second-order valence-corrected chi connectivity index (χ2v) is 4.27. The Balaban J connectivity index is 2.47. The molecule has 2 nitrogen and oxygen atoms in total. The lowest BCUT2D eigenvalue weighted by Crippen LogP contribution is -1.82. The van der Waals surface area contributed by atoms with Crippen molar-refractivity contribution in [3.05, 3.63) is 35.1 Å². The first-order chi connectivity index (χ1) is 6.68. The molecule has 0 aromatic carbocycles. The van der Waals surface area contributed by atoms with Gasteiger partial charge in [0.25, 0.3) is 0 Å². The Bertz CT molecular complexity index is 352. The fourth-order valence-corrected chi connectivity index (χ4v) is 1.48. The molecule has 0 aliphatic heterocycles. The van der Waals surface area contributed by atoms with Gasteiger partial charge in [-0.15, -0.1) is 0 Å². The van der Waals surface area contributed by atoms with Gasteiger partial charge in [0.15, 0.2) is 5.12 Å². The van der Waals surface area contributed by atoms with Gasteiger partial charge in [-0.3, -0.25) is 9.78 Å². The van der Waals surface area contributed by atoms with Crippen LogP contribution in [0.15, 0.2) is 24.5 Å². The van der Waals surface area contributed by atoms with Gasteiger partial charge in [0, 0.05) is 25.1 Å². The van der Waals surface area contributed by atoms with Crippen LogP contribution in [0, 0.1) is 0 Å². The zero-order valence-corrected chi connectivity index (χ0v) is 9.31. The van der Waals surface area contributed by atoms with Crippen molar-refractivity contribution in [1.82, 2.24) is 4.98 Å². The molecule has 0 atom stereocenters. The van der Waals surface area contributed by atoms with Crippen molar-refractivity contribution in [2.75, 3.05) is 5.75 Å². The van der Waals surface area contributed by atoms with Crippen LogP contribution in [-0.2, 0) is 4.79 Å². The van der Waals surface area contributed by atoms with E-state index in [9.17, 15) is 4.79 Å². The molecule has 0 fully saturated rings. The number of halogens is 1. The summed E-state index contributed by atoms with van der Waals surface area (Å²) in [4.78, 5) is 14.5. The number of carbonyl (C=O) groups is 1. The predicted molar refractivity (Wildman–Crippen MR) is 61.4 cm³/mol. The molecule has 14 heavy (non-hydrogen) atoms. The summed E-state index contributed by atoms with van der Waals surface area (Å²) in [5.41, 5.74) is 0.946. The van der Waals surface area contributed by atoms with Gasteiger partial charge in [-0.05, 0) is 11.6 Å². The Morgan fingerprint density at radius 3 is 3.07 bits per heavy atom. The SMILES string of the molecule is CC(=O)SCC=Cc1cncc(Cl)c1. The molecule has 1 heterocycles. The van der Waals surface area contributed by atoms with Crippen LogP contribution in [-0.4, -0.2) is 15.9 Å². The van der Waals surface area contributed by atoms with Gasteiger partial charge in [0.1, 0.15) is 0 Å².